The first-order valence-corrected chi connectivity index (χ1v) is 10.1. The predicted octanol–water partition coefficient (Wildman–Crippen LogP) is 5.75. The topological polar surface area (TPSA) is 72.2 Å². The normalized spacial score (nSPS) is 8.68. The van der Waals surface area contributed by atoms with Gasteiger partial charge in [-0.3, -0.25) is 9.48 Å². The Kier molecular flexibility index (Phi) is 18.5. The summed E-state index contributed by atoms with van der Waals surface area (Å²) in [6.45, 7) is 12.3. The van der Waals surface area contributed by atoms with Gasteiger partial charge in [0.1, 0.15) is 0 Å². The molecule has 1 aromatic heterocycles. The molecule has 0 spiro atoms. The third-order valence-electron chi connectivity index (χ3n) is 3.93. The Morgan fingerprint density at radius 3 is 2.06 bits per heavy atom. The average Bonchev–Trinajstić information content (AvgIpc) is 3.17. The Labute approximate surface area is 211 Å². The molecule has 1 N–H and O–H groups in total. The van der Waals surface area contributed by atoms with Crippen LogP contribution in [0.2, 0.25) is 0 Å². The summed E-state index contributed by atoms with van der Waals surface area (Å²) in [5.74, 6) is 0.146. The zero-order chi connectivity index (χ0) is 22.9. The third kappa shape index (κ3) is 11.1. The Morgan fingerprint density at radius 2 is 1.55 bits per heavy atom. The van der Waals surface area contributed by atoms with Crippen molar-refractivity contribution in [2.75, 3.05) is 0 Å². The van der Waals surface area contributed by atoms with Crippen LogP contribution < -0.4 is 0 Å². The SMILES string of the molecule is CC.CC.O=[C-]O.[CH2-]c1ccc(C(=O)CCc2cc(-c3ccccc3)nn2C)cc1.[Y]. The molecule has 0 saturated heterocycles. The second kappa shape index (κ2) is 18.5. The molecule has 0 fully saturated rings. The van der Waals surface area contributed by atoms with Gasteiger partial charge in [0.25, 0.3) is 0 Å². The maximum Gasteiger partial charge on any atom is 0.161 e. The summed E-state index contributed by atoms with van der Waals surface area (Å²) in [7, 11) is 1.92. The predicted molar refractivity (Wildman–Crippen MR) is 123 cm³/mol. The molecule has 0 bridgehead atoms. The number of nitrogens with zero attached hydrogens (tertiary/aromatic N) is 2. The van der Waals surface area contributed by atoms with E-state index in [1.807, 2.05) is 94.0 Å². The monoisotopic (exact) mass is 497 g/mol. The molecule has 0 aliphatic carbocycles. The van der Waals surface area contributed by atoms with Crippen LogP contribution in [0.25, 0.3) is 11.3 Å². The van der Waals surface area contributed by atoms with Gasteiger partial charge in [-0.1, -0.05) is 64.5 Å². The van der Waals surface area contributed by atoms with Crippen LogP contribution in [0, 0.1) is 6.92 Å². The summed E-state index contributed by atoms with van der Waals surface area (Å²) in [6, 6.07) is 19.5. The number of benzene rings is 2. The Morgan fingerprint density at radius 1 is 1.03 bits per heavy atom. The average molecular weight is 497 g/mol. The fourth-order valence-corrected chi connectivity index (χ4v) is 2.57. The van der Waals surface area contributed by atoms with Gasteiger partial charge in [0.2, 0.25) is 0 Å². The van der Waals surface area contributed by atoms with Gasteiger partial charge in [0.15, 0.2) is 5.78 Å². The largest absolute Gasteiger partial charge is 0.665 e. The number of hydrogen-bond donors (Lipinski definition) is 1. The molecule has 5 nitrogen and oxygen atoms in total. The smallest absolute Gasteiger partial charge is 0.161 e. The first kappa shape index (κ1) is 31.0. The van der Waals surface area contributed by atoms with E-state index >= 15 is 0 Å². The van der Waals surface area contributed by atoms with Crippen molar-refractivity contribution in [3.8, 4) is 11.3 Å². The fourth-order valence-electron chi connectivity index (χ4n) is 2.57. The quantitative estimate of drug-likeness (QED) is 0.360. The molecule has 0 saturated carbocycles. The van der Waals surface area contributed by atoms with E-state index in [0.29, 0.717) is 19.3 Å². The van der Waals surface area contributed by atoms with Crippen LogP contribution in [-0.4, -0.2) is 27.1 Å². The molecule has 3 aromatic rings. The summed E-state index contributed by atoms with van der Waals surface area (Å²) in [5, 5.41) is 11.3. The molecule has 1 radical (unpaired) electrons. The molecule has 0 aliphatic rings. The van der Waals surface area contributed by atoms with Crippen molar-refractivity contribution in [3.63, 3.8) is 0 Å². The molecule has 2 aromatic carbocycles. The van der Waals surface area contributed by atoms with Gasteiger partial charge in [0, 0.05) is 57.4 Å². The molecule has 0 amide bonds. The van der Waals surface area contributed by atoms with Crippen molar-refractivity contribution in [2.24, 2.45) is 7.05 Å². The van der Waals surface area contributed by atoms with E-state index in [9.17, 15) is 4.79 Å². The van der Waals surface area contributed by atoms with E-state index in [1.54, 1.807) is 0 Å². The third-order valence-corrected chi connectivity index (χ3v) is 3.93. The zero-order valence-electron chi connectivity index (χ0n) is 19.1. The van der Waals surface area contributed by atoms with Crippen LogP contribution in [0.15, 0.2) is 60.7 Å². The van der Waals surface area contributed by atoms with E-state index in [-0.39, 0.29) is 38.5 Å². The number of rotatable bonds is 5. The van der Waals surface area contributed by atoms with Crippen molar-refractivity contribution in [1.82, 2.24) is 9.78 Å². The van der Waals surface area contributed by atoms with Crippen molar-refractivity contribution >= 4 is 12.3 Å². The van der Waals surface area contributed by atoms with Gasteiger partial charge < -0.3 is 9.90 Å². The number of ketones is 1. The molecule has 0 aliphatic heterocycles. The van der Waals surface area contributed by atoms with Gasteiger partial charge >= 0.3 is 0 Å². The van der Waals surface area contributed by atoms with Crippen LogP contribution in [0.4, 0.5) is 0 Å². The number of carbonyl (C=O) groups is 1. The standard InChI is InChI=1S/C20H19N2O.2C2H6.CHO2.Y/c1-15-8-10-17(11-9-15)20(23)13-12-18-14-19(21-22(18)2)16-6-4-3-5-7-16;2*1-2;2-1-3;/h3-11,14H,1,12-13H2,2H3;2*1-2H3;(H,2,3);/q-1;;;-1;. The Hall–Kier alpha value is -2.24. The Balaban J connectivity index is 0. The van der Waals surface area contributed by atoms with E-state index in [4.69, 9.17) is 9.90 Å². The number of aromatic nitrogens is 2. The van der Waals surface area contributed by atoms with Gasteiger partial charge in [-0.15, -0.1) is 12.1 Å². The van der Waals surface area contributed by atoms with Crippen molar-refractivity contribution in [3.05, 3.63) is 84.4 Å². The van der Waals surface area contributed by atoms with E-state index < -0.39 is 0 Å². The maximum atomic E-state index is 12.3. The van der Waals surface area contributed by atoms with Crippen molar-refractivity contribution in [1.29, 1.82) is 0 Å². The second-order valence-corrected chi connectivity index (χ2v) is 5.72. The van der Waals surface area contributed by atoms with Crippen LogP contribution in [0.1, 0.15) is 55.7 Å². The molecule has 165 valence electrons. The van der Waals surface area contributed by atoms with Gasteiger partial charge in [-0.2, -0.15) is 29.7 Å². The summed E-state index contributed by atoms with van der Waals surface area (Å²) in [5.41, 5.74) is 4.75. The minimum absolute atomic E-state index is 0. The van der Waals surface area contributed by atoms with Gasteiger partial charge in [-0.25, -0.2) is 0 Å². The molecule has 1 heterocycles. The number of aryl methyl sites for hydroxylation is 2. The Bertz CT molecular complexity index is 860. The zero-order valence-corrected chi connectivity index (χ0v) is 22.0. The first-order valence-electron chi connectivity index (χ1n) is 10.1. The van der Waals surface area contributed by atoms with Gasteiger partial charge in [-0.05, 0) is 18.1 Å². The van der Waals surface area contributed by atoms with E-state index in [1.165, 1.54) is 0 Å². The molecule has 31 heavy (non-hydrogen) atoms. The maximum absolute atomic E-state index is 12.3. The number of Topliss-reactive ketones (excluding diaryl/α,β-unsaturated/α-hetero) is 1. The fraction of sp³-hybridized carbons (Fsp3) is 0.280. The summed E-state index contributed by atoms with van der Waals surface area (Å²) >= 11 is 0. The number of hydrogen-bond acceptors (Lipinski definition) is 3. The molecular formula is C25H32N2O3Y-2. The molecule has 0 atom stereocenters. The second-order valence-electron chi connectivity index (χ2n) is 5.72. The number of carbonyl (C=O) groups excluding carboxylic acids is 1. The summed E-state index contributed by atoms with van der Waals surface area (Å²) < 4.78 is 1.86. The molecule has 6 heteroatoms. The van der Waals surface area contributed by atoms with Gasteiger partial charge in [0.05, 0.1) is 5.69 Å². The minimum atomic E-state index is 0. The summed E-state index contributed by atoms with van der Waals surface area (Å²) in [6.07, 6.45) is 1.16. The van der Waals surface area contributed by atoms with Crippen LogP contribution in [-0.2, 0) is 51.0 Å². The number of aliphatic hydroxyl groups excluding tert-OH is 1. The van der Waals surface area contributed by atoms with Crippen molar-refractivity contribution < 1.29 is 47.4 Å². The van der Waals surface area contributed by atoms with E-state index in [2.05, 4.69) is 18.1 Å². The van der Waals surface area contributed by atoms with Crippen molar-refractivity contribution in [2.45, 2.75) is 40.5 Å². The van der Waals surface area contributed by atoms with Crippen LogP contribution >= 0.6 is 0 Å². The molecule has 0 unspecified atom stereocenters. The first-order chi connectivity index (χ1) is 14.5. The van der Waals surface area contributed by atoms with Crippen LogP contribution in [0.5, 0.6) is 0 Å². The molecule has 3 rings (SSSR count). The summed E-state index contributed by atoms with van der Waals surface area (Å²) in [4.78, 5) is 20.5. The molecular weight excluding hydrogens is 465 g/mol. The van der Waals surface area contributed by atoms with Crippen LogP contribution in [0.3, 0.4) is 0 Å². The minimum Gasteiger partial charge on any atom is -0.665 e. The van der Waals surface area contributed by atoms with E-state index in [0.717, 1.165) is 28.1 Å².